The summed E-state index contributed by atoms with van der Waals surface area (Å²) < 4.78 is 11.0. The first-order valence-electron chi connectivity index (χ1n) is 6.67. The Labute approximate surface area is 113 Å². The van der Waals surface area contributed by atoms with E-state index in [4.69, 9.17) is 9.47 Å². The maximum absolute atomic E-state index is 5.64. The molecule has 2 heterocycles. The van der Waals surface area contributed by atoms with Crippen LogP contribution in [0.1, 0.15) is 26.7 Å². The van der Waals surface area contributed by atoms with E-state index in [0.717, 1.165) is 19.4 Å². The third-order valence-corrected chi connectivity index (χ3v) is 2.99. The van der Waals surface area contributed by atoms with Gasteiger partial charge in [-0.3, -0.25) is 0 Å². The molecule has 0 saturated carbocycles. The summed E-state index contributed by atoms with van der Waals surface area (Å²) in [5.41, 5.74) is 0. The molecule has 2 N–H and O–H groups in total. The molecule has 1 saturated heterocycles. The highest BCUT2D eigenvalue weighted by Crippen LogP contribution is 2.19. The van der Waals surface area contributed by atoms with Gasteiger partial charge in [0.1, 0.15) is 0 Å². The number of nitrogens with zero attached hydrogens (tertiary/aromatic N) is 3. The van der Waals surface area contributed by atoms with Gasteiger partial charge in [-0.25, -0.2) is 0 Å². The summed E-state index contributed by atoms with van der Waals surface area (Å²) in [6, 6.07) is 0.480. The summed E-state index contributed by atoms with van der Waals surface area (Å²) in [4.78, 5) is 12.6. The van der Waals surface area contributed by atoms with Crippen molar-refractivity contribution >= 4 is 11.9 Å². The van der Waals surface area contributed by atoms with Gasteiger partial charge in [-0.05, 0) is 26.7 Å². The van der Waals surface area contributed by atoms with Crippen molar-refractivity contribution in [3.05, 3.63) is 0 Å². The van der Waals surface area contributed by atoms with E-state index in [1.807, 2.05) is 6.92 Å². The number of rotatable bonds is 6. The fourth-order valence-electron chi connectivity index (χ4n) is 2.02. The van der Waals surface area contributed by atoms with Crippen LogP contribution in [0.25, 0.3) is 0 Å². The molecule has 2 unspecified atom stereocenters. The largest absolute Gasteiger partial charge is 0.464 e. The molecule has 0 radical (unpaired) electrons. The van der Waals surface area contributed by atoms with Gasteiger partial charge < -0.3 is 20.1 Å². The molecule has 1 aliphatic heterocycles. The lowest BCUT2D eigenvalue weighted by Crippen LogP contribution is -2.31. The number of nitrogens with one attached hydrogen (secondary N) is 2. The smallest absolute Gasteiger partial charge is 0.323 e. The van der Waals surface area contributed by atoms with Crippen LogP contribution in [-0.2, 0) is 4.74 Å². The summed E-state index contributed by atoms with van der Waals surface area (Å²) in [6.07, 6.45) is 2.39. The Hall–Kier alpha value is -1.63. The Kier molecular flexibility index (Phi) is 4.73. The molecule has 2 atom stereocenters. The average molecular weight is 267 g/mol. The topological polar surface area (TPSA) is 81.2 Å². The van der Waals surface area contributed by atoms with Gasteiger partial charge in [-0.15, -0.1) is 0 Å². The maximum atomic E-state index is 5.64. The fourth-order valence-corrected chi connectivity index (χ4v) is 2.02. The minimum absolute atomic E-state index is 0.157. The Morgan fingerprint density at radius 3 is 2.79 bits per heavy atom. The second-order valence-electron chi connectivity index (χ2n) is 4.43. The normalized spacial score (nSPS) is 20.1. The van der Waals surface area contributed by atoms with E-state index < -0.39 is 0 Å². The van der Waals surface area contributed by atoms with Crippen LogP contribution in [0.3, 0.4) is 0 Å². The van der Waals surface area contributed by atoms with Crippen molar-refractivity contribution in [2.45, 2.75) is 38.8 Å². The molecule has 0 spiro atoms. The van der Waals surface area contributed by atoms with Crippen LogP contribution in [0.4, 0.5) is 11.9 Å². The van der Waals surface area contributed by atoms with E-state index in [0.29, 0.717) is 24.5 Å². The highest BCUT2D eigenvalue weighted by Gasteiger charge is 2.23. The minimum Gasteiger partial charge on any atom is -0.464 e. The van der Waals surface area contributed by atoms with Crippen molar-refractivity contribution in [1.29, 1.82) is 0 Å². The molecule has 2 rings (SSSR count). The predicted octanol–water partition coefficient (Wildman–Crippen LogP) is 1.29. The maximum Gasteiger partial charge on any atom is 0.323 e. The van der Waals surface area contributed by atoms with Crippen LogP contribution in [0, 0.1) is 0 Å². The predicted molar refractivity (Wildman–Crippen MR) is 72.6 cm³/mol. The van der Waals surface area contributed by atoms with Gasteiger partial charge in [0.2, 0.25) is 11.9 Å². The third kappa shape index (κ3) is 3.66. The Morgan fingerprint density at radius 2 is 2.16 bits per heavy atom. The van der Waals surface area contributed by atoms with E-state index in [2.05, 4.69) is 32.5 Å². The van der Waals surface area contributed by atoms with E-state index in [-0.39, 0.29) is 12.1 Å². The monoisotopic (exact) mass is 267 g/mol. The van der Waals surface area contributed by atoms with Gasteiger partial charge in [0.05, 0.1) is 18.8 Å². The number of anilines is 2. The van der Waals surface area contributed by atoms with Gasteiger partial charge in [0, 0.05) is 13.7 Å². The average Bonchev–Trinajstić information content (AvgIpc) is 2.92. The Bertz CT molecular complexity index is 409. The van der Waals surface area contributed by atoms with Gasteiger partial charge in [0.25, 0.3) is 0 Å². The van der Waals surface area contributed by atoms with E-state index in [1.165, 1.54) is 0 Å². The van der Waals surface area contributed by atoms with Crippen LogP contribution < -0.4 is 15.4 Å². The summed E-state index contributed by atoms with van der Waals surface area (Å²) in [6.45, 7) is 5.32. The Balaban J connectivity index is 2.07. The first-order chi connectivity index (χ1) is 9.22. The van der Waals surface area contributed by atoms with Gasteiger partial charge in [0.15, 0.2) is 0 Å². The number of hydrogen-bond acceptors (Lipinski definition) is 7. The van der Waals surface area contributed by atoms with Crippen molar-refractivity contribution in [3.63, 3.8) is 0 Å². The second-order valence-corrected chi connectivity index (χ2v) is 4.43. The standard InChI is InChI=1S/C12H21N5O2/c1-4-18-12-16-10(13-3)15-11(17-12)14-8(2)9-6-5-7-19-9/h8-9H,4-7H2,1-3H3,(H2,13,14,15,16,17). The van der Waals surface area contributed by atoms with Crippen molar-refractivity contribution in [1.82, 2.24) is 15.0 Å². The van der Waals surface area contributed by atoms with Gasteiger partial charge in [-0.2, -0.15) is 15.0 Å². The third-order valence-electron chi connectivity index (χ3n) is 2.99. The number of ether oxygens (including phenoxy) is 2. The van der Waals surface area contributed by atoms with Crippen molar-refractivity contribution < 1.29 is 9.47 Å². The molecular formula is C12H21N5O2. The lowest BCUT2D eigenvalue weighted by molar-refractivity contribution is 0.0994. The van der Waals surface area contributed by atoms with E-state index >= 15 is 0 Å². The quantitative estimate of drug-likeness (QED) is 0.803. The van der Waals surface area contributed by atoms with E-state index in [1.54, 1.807) is 7.05 Å². The number of aromatic nitrogens is 3. The molecule has 19 heavy (non-hydrogen) atoms. The molecule has 0 amide bonds. The zero-order valence-electron chi connectivity index (χ0n) is 11.6. The zero-order valence-corrected chi connectivity index (χ0v) is 11.6. The van der Waals surface area contributed by atoms with Crippen LogP contribution in [0.2, 0.25) is 0 Å². The summed E-state index contributed by atoms with van der Waals surface area (Å²) in [7, 11) is 1.76. The molecule has 1 aromatic rings. The molecule has 0 aromatic carbocycles. The van der Waals surface area contributed by atoms with Crippen LogP contribution in [-0.4, -0.2) is 47.4 Å². The number of hydrogen-bond donors (Lipinski definition) is 2. The lowest BCUT2D eigenvalue weighted by atomic mass is 10.1. The molecule has 1 aromatic heterocycles. The van der Waals surface area contributed by atoms with Crippen LogP contribution in [0.5, 0.6) is 6.01 Å². The highest BCUT2D eigenvalue weighted by atomic mass is 16.5. The minimum atomic E-state index is 0.157. The first-order valence-corrected chi connectivity index (χ1v) is 6.67. The van der Waals surface area contributed by atoms with E-state index in [9.17, 15) is 0 Å². The molecule has 1 aliphatic rings. The fraction of sp³-hybridized carbons (Fsp3) is 0.750. The molecule has 1 fully saturated rings. The Morgan fingerprint density at radius 1 is 1.37 bits per heavy atom. The summed E-state index contributed by atoms with van der Waals surface area (Å²) in [5, 5.41) is 6.15. The van der Waals surface area contributed by atoms with Gasteiger partial charge in [-0.1, -0.05) is 0 Å². The zero-order chi connectivity index (χ0) is 13.7. The summed E-state index contributed by atoms with van der Waals surface area (Å²) >= 11 is 0. The molecule has 106 valence electrons. The molecular weight excluding hydrogens is 246 g/mol. The molecule has 0 aliphatic carbocycles. The SMILES string of the molecule is CCOc1nc(NC)nc(NC(C)C2CCCO2)n1. The highest BCUT2D eigenvalue weighted by molar-refractivity contribution is 5.36. The van der Waals surface area contributed by atoms with Crippen molar-refractivity contribution in [3.8, 4) is 6.01 Å². The molecule has 7 heteroatoms. The first kappa shape index (κ1) is 13.8. The van der Waals surface area contributed by atoms with Crippen LogP contribution in [0.15, 0.2) is 0 Å². The van der Waals surface area contributed by atoms with Crippen molar-refractivity contribution in [2.75, 3.05) is 30.9 Å². The summed E-state index contributed by atoms with van der Waals surface area (Å²) in [5.74, 6) is 0.992. The van der Waals surface area contributed by atoms with Crippen molar-refractivity contribution in [2.24, 2.45) is 0 Å². The second kappa shape index (κ2) is 6.51. The lowest BCUT2D eigenvalue weighted by Gasteiger charge is -2.20. The molecule has 7 nitrogen and oxygen atoms in total. The van der Waals surface area contributed by atoms with Gasteiger partial charge >= 0.3 is 6.01 Å². The molecule has 0 bridgehead atoms. The van der Waals surface area contributed by atoms with Crippen LogP contribution >= 0.6 is 0 Å².